The molecule has 8 heteroatoms. The molecule has 4 rings (SSSR count). The monoisotopic (exact) mass is 415 g/mol. The topological polar surface area (TPSA) is 64.5 Å². The highest BCUT2D eigenvalue weighted by Crippen LogP contribution is 2.37. The molecule has 0 N–H and O–H groups in total. The Morgan fingerprint density at radius 2 is 2.07 bits per heavy atom. The Labute approximate surface area is 172 Å². The molecule has 2 aromatic heterocycles. The minimum atomic E-state index is -0.331. The zero-order valence-electron chi connectivity index (χ0n) is 16.6. The number of aromatic nitrogens is 2. The second-order valence-electron chi connectivity index (χ2n) is 6.91. The van der Waals surface area contributed by atoms with Crippen LogP contribution in [0, 0.1) is 19.7 Å². The molecule has 0 spiro atoms. The molecule has 1 aliphatic heterocycles. The smallest absolute Gasteiger partial charge is 0.348 e. The number of hydrogen-bond acceptors (Lipinski definition) is 7. The van der Waals surface area contributed by atoms with Crippen molar-refractivity contribution in [1.82, 2.24) is 9.97 Å². The van der Waals surface area contributed by atoms with Crippen molar-refractivity contribution in [3.05, 3.63) is 51.9 Å². The van der Waals surface area contributed by atoms with Crippen LogP contribution < -0.4 is 4.90 Å². The number of carbonyl (C=O) groups is 1. The zero-order valence-corrected chi connectivity index (χ0v) is 17.4. The van der Waals surface area contributed by atoms with Crippen molar-refractivity contribution in [2.24, 2.45) is 0 Å². The highest BCUT2D eigenvalue weighted by Gasteiger charge is 2.28. The Morgan fingerprint density at radius 3 is 2.79 bits per heavy atom. The van der Waals surface area contributed by atoms with E-state index in [0.29, 0.717) is 37.0 Å². The van der Waals surface area contributed by atoms with Crippen LogP contribution in [0.2, 0.25) is 0 Å². The molecule has 29 heavy (non-hydrogen) atoms. The number of morpholine rings is 1. The van der Waals surface area contributed by atoms with Gasteiger partial charge in [0.25, 0.3) is 0 Å². The molecule has 1 unspecified atom stereocenters. The molecule has 0 amide bonds. The number of halogens is 1. The van der Waals surface area contributed by atoms with Crippen molar-refractivity contribution in [3.63, 3.8) is 0 Å². The fourth-order valence-corrected chi connectivity index (χ4v) is 4.68. The highest BCUT2D eigenvalue weighted by molar-refractivity contribution is 7.20. The van der Waals surface area contributed by atoms with E-state index >= 15 is 0 Å². The van der Waals surface area contributed by atoms with Crippen molar-refractivity contribution in [3.8, 4) is 0 Å². The normalized spacial score (nSPS) is 17.0. The standard InChI is InChI=1S/C21H22FN3O3S/c1-4-27-21(26)18-12(2)17-19(23-13(3)24-20(17)29-18)25-9-10-28-16(11-25)14-5-7-15(22)8-6-14/h5-8,16H,4,9-11H2,1-3H3. The van der Waals surface area contributed by atoms with Gasteiger partial charge in [-0.25, -0.2) is 19.2 Å². The van der Waals surface area contributed by atoms with Crippen molar-refractivity contribution in [1.29, 1.82) is 0 Å². The summed E-state index contributed by atoms with van der Waals surface area (Å²) in [5.41, 5.74) is 1.76. The van der Waals surface area contributed by atoms with Gasteiger partial charge in [-0.2, -0.15) is 0 Å². The van der Waals surface area contributed by atoms with Gasteiger partial charge in [-0.05, 0) is 44.0 Å². The van der Waals surface area contributed by atoms with Gasteiger partial charge >= 0.3 is 5.97 Å². The number of anilines is 1. The molecule has 1 saturated heterocycles. The summed E-state index contributed by atoms with van der Waals surface area (Å²) in [6, 6.07) is 6.39. The number of carbonyl (C=O) groups excluding carboxylic acids is 1. The molecule has 1 aromatic carbocycles. The molecule has 0 saturated carbocycles. The Balaban J connectivity index is 1.72. The molecule has 1 aliphatic rings. The first kappa shape index (κ1) is 19.7. The average molecular weight is 415 g/mol. The first-order valence-corrected chi connectivity index (χ1v) is 10.4. The average Bonchev–Trinajstić information content (AvgIpc) is 3.04. The maximum Gasteiger partial charge on any atom is 0.348 e. The molecule has 0 radical (unpaired) electrons. The predicted molar refractivity (Wildman–Crippen MR) is 110 cm³/mol. The Morgan fingerprint density at radius 1 is 1.31 bits per heavy atom. The quantitative estimate of drug-likeness (QED) is 0.595. The number of ether oxygens (including phenoxy) is 2. The van der Waals surface area contributed by atoms with Crippen molar-refractivity contribution < 1.29 is 18.7 Å². The second kappa shape index (κ2) is 8.04. The summed E-state index contributed by atoms with van der Waals surface area (Å²) in [5, 5.41) is 0.878. The van der Waals surface area contributed by atoms with Crippen LogP contribution in [-0.2, 0) is 9.47 Å². The fourth-order valence-electron chi connectivity index (χ4n) is 3.56. The number of benzene rings is 1. The van der Waals surface area contributed by atoms with Gasteiger partial charge in [0.15, 0.2) is 0 Å². The number of rotatable bonds is 4. The number of aryl methyl sites for hydroxylation is 2. The van der Waals surface area contributed by atoms with Crippen LogP contribution in [0.25, 0.3) is 10.2 Å². The van der Waals surface area contributed by atoms with Crippen LogP contribution >= 0.6 is 11.3 Å². The SMILES string of the molecule is CCOC(=O)c1sc2nc(C)nc(N3CCOC(c4ccc(F)cc4)C3)c2c1C. The van der Waals surface area contributed by atoms with Gasteiger partial charge in [0, 0.05) is 13.1 Å². The maximum absolute atomic E-state index is 13.3. The Hall–Kier alpha value is -2.58. The summed E-state index contributed by atoms with van der Waals surface area (Å²) in [4.78, 5) is 25.1. The Kier molecular flexibility index (Phi) is 5.47. The van der Waals surface area contributed by atoms with Gasteiger partial charge in [0.05, 0.1) is 18.6 Å². The third kappa shape index (κ3) is 3.82. The predicted octanol–water partition coefficient (Wildman–Crippen LogP) is 4.20. The molecular weight excluding hydrogens is 393 g/mol. The third-order valence-corrected chi connectivity index (χ3v) is 6.12. The van der Waals surface area contributed by atoms with Crippen LogP contribution in [-0.4, -0.2) is 42.2 Å². The third-order valence-electron chi connectivity index (χ3n) is 4.95. The lowest BCUT2D eigenvalue weighted by Crippen LogP contribution is -2.39. The van der Waals surface area contributed by atoms with Gasteiger partial charge in [0.2, 0.25) is 0 Å². The fraction of sp³-hybridized carbons (Fsp3) is 0.381. The van der Waals surface area contributed by atoms with E-state index in [9.17, 15) is 9.18 Å². The molecule has 152 valence electrons. The van der Waals surface area contributed by atoms with E-state index in [1.807, 2.05) is 13.8 Å². The van der Waals surface area contributed by atoms with E-state index in [0.717, 1.165) is 27.2 Å². The van der Waals surface area contributed by atoms with Crippen LogP contribution in [0.3, 0.4) is 0 Å². The van der Waals surface area contributed by atoms with Crippen molar-refractivity contribution in [2.45, 2.75) is 26.9 Å². The second-order valence-corrected chi connectivity index (χ2v) is 7.91. The van der Waals surface area contributed by atoms with E-state index in [1.165, 1.54) is 23.5 Å². The van der Waals surface area contributed by atoms with E-state index in [1.54, 1.807) is 19.1 Å². The summed E-state index contributed by atoms with van der Waals surface area (Å²) < 4.78 is 24.4. The van der Waals surface area contributed by atoms with Crippen LogP contribution in [0.15, 0.2) is 24.3 Å². The lowest BCUT2D eigenvalue weighted by Gasteiger charge is -2.34. The summed E-state index contributed by atoms with van der Waals surface area (Å²) >= 11 is 1.34. The number of nitrogens with zero attached hydrogens (tertiary/aromatic N) is 3. The summed E-state index contributed by atoms with van der Waals surface area (Å²) in [6.45, 7) is 7.66. The van der Waals surface area contributed by atoms with Crippen LogP contribution in [0.5, 0.6) is 0 Å². The van der Waals surface area contributed by atoms with Gasteiger partial charge in [-0.3, -0.25) is 0 Å². The summed E-state index contributed by atoms with van der Waals surface area (Å²) in [5.74, 6) is 0.846. The first-order chi connectivity index (χ1) is 14.0. The molecule has 6 nitrogen and oxygen atoms in total. The van der Waals surface area contributed by atoms with Gasteiger partial charge < -0.3 is 14.4 Å². The summed E-state index contributed by atoms with van der Waals surface area (Å²) in [6.07, 6.45) is -0.182. The van der Waals surface area contributed by atoms with Crippen LogP contribution in [0.1, 0.15) is 39.7 Å². The van der Waals surface area contributed by atoms with E-state index < -0.39 is 0 Å². The number of thiophene rings is 1. The van der Waals surface area contributed by atoms with Gasteiger partial charge in [-0.1, -0.05) is 12.1 Å². The first-order valence-electron chi connectivity index (χ1n) is 9.54. The minimum absolute atomic E-state index is 0.182. The molecular formula is C21H22FN3O3S. The van der Waals surface area contributed by atoms with E-state index in [2.05, 4.69) is 9.88 Å². The van der Waals surface area contributed by atoms with Crippen LogP contribution in [0.4, 0.5) is 10.2 Å². The summed E-state index contributed by atoms with van der Waals surface area (Å²) in [7, 11) is 0. The van der Waals surface area contributed by atoms with Crippen molar-refractivity contribution in [2.75, 3.05) is 31.2 Å². The number of hydrogen-bond donors (Lipinski definition) is 0. The van der Waals surface area contributed by atoms with Gasteiger partial charge in [-0.15, -0.1) is 11.3 Å². The van der Waals surface area contributed by atoms with Crippen molar-refractivity contribution >= 4 is 33.3 Å². The lowest BCUT2D eigenvalue weighted by atomic mass is 10.1. The number of esters is 1. The van der Waals surface area contributed by atoms with E-state index in [-0.39, 0.29) is 17.9 Å². The molecule has 1 atom stereocenters. The molecule has 0 aliphatic carbocycles. The largest absolute Gasteiger partial charge is 0.462 e. The zero-order chi connectivity index (χ0) is 20.5. The van der Waals surface area contributed by atoms with Gasteiger partial charge in [0.1, 0.15) is 33.3 Å². The molecule has 0 bridgehead atoms. The minimum Gasteiger partial charge on any atom is -0.462 e. The maximum atomic E-state index is 13.3. The van der Waals surface area contributed by atoms with E-state index in [4.69, 9.17) is 14.5 Å². The molecule has 3 aromatic rings. The molecule has 1 fully saturated rings. The number of fused-ring (bicyclic) bond motifs is 1. The highest BCUT2D eigenvalue weighted by atomic mass is 32.1. The molecule has 3 heterocycles. The Bertz CT molecular complexity index is 1050. The lowest BCUT2D eigenvalue weighted by molar-refractivity contribution is 0.0395.